The summed E-state index contributed by atoms with van der Waals surface area (Å²) in [6.45, 7) is 3.72. The SMILES string of the molecule is CN1c2ccc(C(F)(F)F)cc2C(C)(C)C12C=Cc1cc3c(cc1O2)C(O)c1ccccc1C3=O. The molecule has 2 aliphatic heterocycles. The molecule has 0 saturated heterocycles. The van der Waals surface area contributed by atoms with Gasteiger partial charge in [0, 0.05) is 29.4 Å². The van der Waals surface area contributed by atoms with Gasteiger partial charge in [0.25, 0.3) is 0 Å². The van der Waals surface area contributed by atoms with Crippen molar-refractivity contribution in [3.05, 3.63) is 99.6 Å². The lowest BCUT2D eigenvalue weighted by atomic mass is 9.75. The lowest BCUT2D eigenvalue weighted by Gasteiger charge is -2.46. The Hall–Kier alpha value is -3.58. The number of ether oxygens (including phenoxy) is 1. The second-order valence-corrected chi connectivity index (χ2v) is 9.84. The maximum atomic E-state index is 13.5. The number of aliphatic hydroxyl groups excluding tert-OH is 1. The molecule has 2 atom stereocenters. The standard InChI is InChI=1S/C28H22F3NO3/c1-26(2)21-13-16(28(29,30)31)8-9-22(21)32(3)27(26)11-10-15-12-19-20(14-23(15)35-27)25(34)18-7-5-4-6-17(18)24(19)33/h4-14,25,34H,1-3H3. The van der Waals surface area contributed by atoms with Crippen molar-refractivity contribution < 1.29 is 27.8 Å². The van der Waals surface area contributed by atoms with Gasteiger partial charge >= 0.3 is 6.18 Å². The van der Waals surface area contributed by atoms with E-state index in [0.29, 0.717) is 44.8 Å². The van der Waals surface area contributed by atoms with Crippen molar-refractivity contribution in [1.29, 1.82) is 0 Å². The number of carbonyl (C=O) groups excluding carboxylic acids is 1. The summed E-state index contributed by atoms with van der Waals surface area (Å²) in [5, 5.41) is 11.1. The highest BCUT2D eigenvalue weighted by atomic mass is 19.4. The van der Waals surface area contributed by atoms with Crippen molar-refractivity contribution in [3.8, 4) is 5.75 Å². The number of hydrogen-bond acceptors (Lipinski definition) is 4. The first kappa shape index (κ1) is 21.9. The highest BCUT2D eigenvalue weighted by Gasteiger charge is 2.58. The average molecular weight is 477 g/mol. The van der Waals surface area contributed by atoms with Crippen molar-refractivity contribution in [2.24, 2.45) is 0 Å². The number of halogens is 3. The first-order valence-electron chi connectivity index (χ1n) is 11.3. The van der Waals surface area contributed by atoms with Crippen LogP contribution in [0.5, 0.6) is 5.75 Å². The van der Waals surface area contributed by atoms with Gasteiger partial charge in [-0.25, -0.2) is 0 Å². The summed E-state index contributed by atoms with van der Waals surface area (Å²) in [6, 6.07) is 14.1. The normalized spacial score (nSPS) is 23.5. The fourth-order valence-corrected chi connectivity index (χ4v) is 5.73. The number of fused-ring (bicyclic) bond motifs is 4. The zero-order valence-electron chi connectivity index (χ0n) is 19.3. The number of carbonyl (C=O) groups is 1. The minimum Gasteiger partial charge on any atom is -0.463 e. The Kier molecular flexibility index (Phi) is 4.23. The highest BCUT2D eigenvalue weighted by molar-refractivity contribution is 6.13. The molecule has 3 aliphatic rings. The van der Waals surface area contributed by atoms with Crippen molar-refractivity contribution in [2.45, 2.75) is 37.3 Å². The van der Waals surface area contributed by atoms with Crippen LogP contribution in [0.3, 0.4) is 0 Å². The van der Waals surface area contributed by atoms with Crippen LogP contribution in [-0.4, -0.2) is 23.7 Å². The highest BCUT2D eigenvalue weighted by Crippen LogP contribution is 2.55. The van der Waals surface area contributed by atoms with E-state index in [9.17, 15) is 23.1 Å². The summed E-state index contributed by atoms with van der Waals surface area (Å²) in [4.78, 5) is 15.0. The van der Waals surface area contributed by atoms with E-state index >= 15 is 0 Å². The van der Waals surface area contributed by atoms with E-state index in [1.54, 1.807) is 43.4 Å². The van der Waals surface area contributed by atoms with Gasteiger partial charge in [-0.15, -0.1) is 0 Å². The molecule has 3 aromatic carbocycles. The topological polar surface area (TPSA) is 49.8 Å². The van der Waals surface area contributed by atoms with Crippen LogP contribution >= 0.6 is 0 Å². The van der Waals surface area contributed by atoms with Crippen molar-refractivity contribution >= 4 is 17.5 Å². The van der Waals surface area contributed by atoms with Gasteiger partial charge in [0.2, 0.25) is 5.72 Å². The molecule has 0 bridgehead atoms. The number of aliphatic hydroxyl groups is 1. The number of anilines is 1. The number of alkyl halides is 3. The molecule has 2 heterocycles. The molecule has 4 nitrogen and oxygen atoms in total. The predicted molar refractivity (Wildman–Crippen MR) is 126 cm³/mol. The van der Waals surface area contributed by atoms with Crippen molar-refractivity contribution in [2.75, 3.05) is 11.9 Å². The molecule has 1 N–H and O–H groups in total. The van der Waals surface area contributed by atoms with Gasteiger partial charge in [-0.1, -0.05) is 24.3 Å². The molecule has 2 unspecified atom stereocenters. The Labute approximate surface area is 200 Å². The zero-order chi connectivity index (χ0) is 24.9. The molecule has 0 radical (unpaired) electrons. The molecule has 1 spiro atoms. The number of rotatable bonds is 0. The lowest BCUT2D eigenvalue weighted by Crippen LogP contribution is -2.58. The smallest absolute Gasteiger partial charge is 0.416 e. The molecular formula is C28H22F3NO3. The van der Waals surface area contributed by atoms with Crippen LogP contribution in [0.2, 0.25) is 0 Å². The predicted octanol–water partition coefficient (Wildman–Crippen LogP) is 5.86. The van der Waals surface area contributed by atoms with Crippen LogP contribution < -0.4 is 9.64 Å². The molecule has 0 fully saturated rings. The van der Waals surface area contributed by atoms with Crippen LogP contribution in [0.1, 0.15) is 63.7 Å². The summed E-state index contributed by atoms with van der Waals surface area (Å²) >= 11 is 0. The Bertz CT molecular complexity index is 1460. The van der Waals surface area contributed by atoms with Crippen molar-refractivity contribution in [3.63, 3.8) is 0 Å². The number of benzene rings is 3. The van der Waals surface area contributed by atoms with Gasteiger partial charge in [-0.2, -0.15) is 13.2 Å². The molecule has 1 aliphatic carbocycles. The summed E-state index contributed by atoms with van der Waals surface area (Å²) in [5.41, 5.74) is 1.09. The first-order valence-corrected chi connectivity index (χ1v) is 11.3. The van der Waals surface area contributed by atoms with Gasteiger partial charge in [0.1, 0.15) is 11.9 Å². The third kappa shape index (κ3) is 2.76. The molecule has 0 saturated carbocycles. The molecule has 178 valence electrons. The Balaban J connectivity index is 1.47. The molecule has 7 heteroatoms. The Morgan fingerprint density at radius 2 is 1.74 bits per heavy atom. The molecule has 0 aromatic heterocycles. The Morgan fingerprint density at radius 1 is 1.00 bits per heavy atom. The molecule has 6 rings (SSSR count). The van der Waals surface area contributed by atoms with Crippen LogP contribution in [0.15, 0.2) is 60.7 Å². The van der Waals surface area contributed by atoms with Gasteiger partial charge in [-0.05, 0) is 73.0 Å². The summed E-state index contributed by atoms with van der Waals surface area (Å²) < 4.78 is 47.0. The van der Waals surface area contributed by atoms with Crippen LogP contribution in [0.4, 0.5) is 18.9 Å². The van der Waals surface area contributed by atoms with E-state index in [1.165, 1.54) is 12.1 Å². The minimum atomic E-state index is -4.45. The van der Waals surface area contributed by atoms with E-state index in [4.69, 9.17) is 4.74 Å². The second-order valence-electron chi connectivity index (χ2n) is 9.84. The van der Waals surface area contributed by atoms with Crippen molar-refractivity contribution in [1.82, 2.24) is 0 Å². The Morgan fingerprint density at radius 3 is 2.49 bits per heavy atom. The lowest BCUT2D eigenvalue weighted by molar-refractivity contribution is -0.137. The van der Waals surface area contributed by atoms with Crippen LogP contribution in [-0.2, 0) is 11.6 Å². The summed E-state index contributed by atoms with van der Waals surface area (Å²) in [6.07, 6.45) is -1.76. The summed E-state index contributed by atoms with van der Waals surface area (Å²) in [5.74, 6) is 0.295. The van der Waals surface area contributed by atoms with E-state index in [0.717, 1.165) is 6.07 Å². The fraction of sp³-hybridized carbons (Fsp3) is 0.250. The van der Waals surface area contributed by atoms with Gasteiger partial charge < -0.3 is 14.7 Å². The number of hydrogen-bond donors (Lipinski definition) is 1. The van der Waals surface area contributed by atoms with Gasteiger partial charge in [0.05, 0.1) is 11.0 Å². The monoisotopic (exact) mass is 477 g/mol. The minimum absolute atomic E-state index is 0.164. The van der Waals surface area contributed by atoms with E-state index < -0.39 is 29.0 Å². The average Bonchev–Trinajstić information content (AvgIpc) is 2.99. The molecule has 35 heavy (non-hydrogen) atoms. The molecule has 3 aromatic rings. The van der Waals surface area contributed by atoms with Gasteiger partial charge in [0.15, 0.2) is 5.78 Å². The molecular weight excluding hydrogens is 455 g/mol. The third-order valence-electron chi connectivity index (χ3n) is 7.73. The number of nitrogens with zero attached hydrogens (tertiary/aromatic N) is 1. The third-order valence-corrected chi connectivity index (χ3v) is 7.73. The van der Waals surface area contributed by atoms with E-state index in [2.05, 4.69) is 0 Å². The second kappa shape index (κ2) is 6.76. The maximum Gasteiger partial charge on any atom is 0.416 e. The first-order chi connectivity index (χ1) is 16.5. The molecule has 0 amide bonds. The largest absolute Gasteiger partial charge is 0.463 e. The number of ketones is 1. The maximum absolute atomic E-state index is 13.5. The summed E-state index contributed by atoms with van der Waals surface area (Å²) in [7, 11) is 1.79. The van der Waals surface area contributed by atoms with Gasteiger partial charge in [-0.3, -0.25) is 4.79 Å². The van der Waals surface area contributed by atoms with Crippen LogP contribution in [0.25, 0.3) is 6.08 Å². The van der Waals surface area contributed by atoms with E-state index in [1.807, 2.05) is 30.9 Å². The fourth-order valence-electron chi connectivity index (χ4n) is 5.73. The van der Waals surface area contributed by atoms with Crippen LogP contribution in [0, 0.1) is 0 Å². The van der Waals surface area contributed by atoms with E-state index in [-0.39, 0.29) is 5.78 Å². The number of likely N-dealkylation sites (N-methyl/N-ethyl adjacent to an activating group) is 1. The zero-order valence-corrected chi connectivity index (χ0v) is 19.3. The quantitative estimate of drug-likeness (QED) is 0.441.